The number of carbonyl (C=O) groups is 1. The number of aryl methyl sites for hydroxylation is 1. The monoisotopic (exact) mass is 417 g/mol. The first kappa shape index (κ1) is 18.0. The number of carboxylic acids is 1. The topological polar surface area (TPSA) is 68.0 Å². The Bertz CT molecular complexity index is 1170. The molecular formula is C19H13Cl2N3O2S. The lowest BCUT2D eigenvalue weighted by Gasteiger charge is -2.06. The van der Waals surface area contributed by atoms with Gasteiger partial charge in [-0.1, -0.05) is 35.3 Å². The molecule has 0 bridgehead atoms. The predicted octanol–water partition coefficient (Wildman–Crippen LogP) is 5.52. The van der Waals surface area contributed by atoms with Crippen LogP contribution in [-0.2, 0) is 6.54 Å². The maximum Gasteiger partial charge on any atom is 0.356 e. The minimum Gasteiger partial charge on any atom is -0.476 e. The average molecular weight is 418 g/mol. The maximum atomic E-state index is 11.2. The van der Waals surface area contributed by atoms with E-state index in [2.05, 4.69) is 5.10 Å². The number of fused-ring (bicyclic) bond motifs is 1. The lowest BCUT2D eigenvalue weighted by atomic mass is 10.2. The molecule has 8 heteroatoms. The van der Waals surface area contributed by atoms with Crippen LogP contribution in [0.4, 0.5) is 0 Å². The van der Waals surface area contributed by atoms with Crippen LogP contribution in [0.15, 0.2) is 42.5 Å². The van der Waals surface area contributed by atoms with Crippen LogP contribution >= 0.6 is 34.5 Å². The van der Waals surface area contributed by atoms with Crippen LogP contribution in [0.3, 0.4) is 0 Å². The van der Waals surface area contributed by atoms with Crippen molar-refractivity contribution in [2.24, 2.45) is 0 Å². The Morgan fingerprint density at radius 2 is 1.89 bits per heavy atom. The minimum atomic E-state index is -1.05. The maximum absolute atomic E-state index is 11.2. The van der Waals surface area contributed by atoms with E-state index in [1.165, 1.54) is 0 Å². The third-order valence-electron chi connectivity index (χ3n) is 4.15. The Hall–Kier alpha value is -2.41. The van der Waals surface area contributed by atoms with Gasteiger partial charge in [-0.15, -0.1) is 11.3 Å². The molecule has 0 aliphatic heterocycles. The summed E-state index contributed by atoms with van der Waals surface area (Å²) in [5.74, 6) is -1.05. The van der Waals surface area contributed by atoms with Gasteiger partial charge in [0.2, 0.25) is 0 Å². The van der Waals surface area contributed by atoms with E-state index in [1.54, 1.807) is 22.1 Å². The van der Waals surface area contributed by atoms with E-state index in [9.17, 15) is 4.79 Å². The molecule has 0 aliphatic rings. The van der Waals surface area contributed by atoms with Gasteiger partial charge in [0.25, 0.3) is 0 Å². The van der Waals surface area contributed by atoms with Gasteiger partial charge in [0, 0.05) is 26.9 Å². The van der Waals surface area contributed by atoms with Gasteiger partial charge in [0.1, 0.15) is 5.01 Å². The van der Waals surface area contributed by atoms with E-state index in [0.29, 0.717) is 16.6 Å². The van der Waals surface area contributed by atoms with Crippen LogP contribution in [0.5, 0.6) is 0 Å². The van der Waals surface area contributed by atoms with Gasteiger partial charge >= 0.3 is 5.97 Å². The van der Waals surface area contributed by atoms with Crippen molar-refractivity contribution in [1.82, 2.24) is 14.8 Å². The fourth-order valence-electron chi connectivity index (χ4n) is 2.83. The number of hydrogen-bond donors (Lipinski definition) is 1. The molecule has 136 valence electrons. The molecule has 27 heavy (non-hydrogen) atoms. The van der Waals surface area contributed by atoms with E-state index in [-0.39, 0.29) is 5.69 Å². The largest absolute Gasteiger partial charge is 0.476 e. The standard InChI is InChI=1S/C19H13Cl2N3O2S/c1-10-6-15(19(25)26)23-24(10)9-12-7-14(21)8-16-17(12)22-18(27-16)11-2-4-13(20)5-3-11/h2-8H,9H2,1H3,(H,25,26). The quantitative estimate of drug-likeness (QED) is 0.474. The molecule has 0 aliphatic carbocycles. The first-order chi connectivity index (χ1) is 12.9. The second-order valence-corrected chi connectivity index (χ2v) is 7.97. The number of aromatic carboxylic acids is 1. The number of benzene rings is 2. The molecule has 0 unspecified atom stereocenters. The number of rotatable bonds is 4. The molecule has 0 saturated carbocycles. The Labute approximate surface area is 168 Å². The molecule has 0 fully saturated rings. The van der Waals surface area contributed by atoms with E-state index in [0.717, 1.165) is 32.0 Å². The van der Waals surface area contributed by atoms with Gasteiger partial charge in [0.15, 0.2) is 5.69 Å². The highest BCUT2D eigenvalue weighted by Gasteiger charge is 2.15. The molecule has 4 aromatic rings. The second-order valence-electron chi connectivity index (χ2n) is 6.07. The van der Waals surface area contributed by atoms with Gasteiger partial charge in [-0.05, 0) is 37.3 Å². The van der Waals surface area contributed by atoms with Crippen molar-refractivity contribution in [3.05, 3.63) is 69.5 Å². The predicted molar refractivity (Wildman–Crippen MR) is 108 cm³/mol. The molecule has 2 aromatic carbocycles. The molecule has 0 atom stereocenters. The number of thiazole rings is 1. The molecule has 2 aromatic heterocycles. The van der Waals surface area contributed by atoms with Crippen molar-refractivity contribution >= 4 is 50.7 Å². The van der Waals surface area contributed by atoms with Crippen molar-refractivity contribution in [3.63, 3.8) is 0 Å². The number of carboxylic acid groups (broad SMARTS) is 1. The first-order valence-corrected chi connectivity index (χ1v) is 9.60. The summed E-state index contributed by atoms with van der Waals surface area (Å²) in [7, 11) is 0. The van der Waals surface area contributed by atoms with Crippen LogP contribution in [0.25, 0.3) is 20.8 Å². The summed E-state index contributed by atoms with van der Waals surface area (Å²) in [5, 5.41) is 15.4. The fraction of sp³-hybridized carbons (Fsp3) is 0.105. The molecule has 0 spiro atoms. The zero-order valence-electron chi connectivity index (χ0n) is 14.1. The summed E-state index contributed by atoms with van der Waals surface area (Å²) in [5.41, 5.74) is 3.48. The Morgan fingerprint density at radius 3 is 2.56 bits per heavy atom. The Kier molecular flexibility index (Phi) is 4.63. The van der Waals surface area contributed by atoms with Crippen molar-refractivity contribution in [2.75, 3.05) is 0 Å². The molecular weight excluding hydrogens is 405 g/mol. The summed E-state index contributed by atoms with van der Waals surface area (Å²) in [4.78, 5) is 15.9. The Balaban J connectivity index is 1.78. The van der Waals surface area contributed by atoms with E-state index in [1.807, 2.05) is 43.3 Å². The zero-order chi connectivity index (χ0) is 19.1. The van der Waals surface area contributed by atoms with Crippen LogP contribution in [-0.4, -0.2) is 25.8 Å². The lowest BCUT2D eigenvalue weighted by molar-refractivity contribution is 0.0689. The number of halogens is 2. The van der Waals surface area contributed by atoms with Gasteiger partial charge in [-0.3, -0.25) is 4.68 Å². The highest BCUT2D eigenvalue weighted by Crippen LogP contribution is 2.34. The summed E-state index contributed by atoms with van der Waals surface area (Å²) >= 11 is 13.8. The van der Waals surface area contributed by atoms with Crippen molar-refractivity contribution < 1.29 is 9.90 Å². The zero-order valence-corrected chi connectivity index (χ0v) is 16.4. The van der Waals surface area contributed by atoms with Crippen molar-refractivity contribution in [3.8, 4) is 10.6 Å². The molecule has 5 nitrogen and oxygen atoms in total. The van der Waals surface area contributed by atoms with Gasteiger partial charge in [0.05, 0.1) is 16.8 Å². The number of aromatic nitrogens is 3. The highest BCUT2D eigenvalue weighted by molar-refractivity contribution is 7.21. The smallest absolute Gasteiger partial charge is 0.356 e. The van der Waals surface area contributed by atoms with Gasteiger partial charge in [-0.2, -0.15) is 5.10 Å². The third-order valence-corrected chi connectivity index (χ3v) is 5.67. The van der Waals surface area contributed by atoms with Crippen LogP contribution in [0.1, 0.15) is 21.7 Å². The minimum absolute atomic E-state index is 0.0194. The van der Waals surface area contributed by atoms with Crippen LogP contribution < -0.4 is 0 Å². The molecule has 0 radical (unpaired) electrons. The normalized spacial score (nSPS) is 11.2. The Morgan fingerprint density at radius 1 is 1.15 bits per heavy atom. The molecule has 2 heterocycles. The number of hydrogen-bond acceptors (Lipinski definition) is 4. The van der Waals surface area contributed by atoms with E-state index >= 15 is 0 Å². The second kappa shape index (κ2) is 6.96. The lowest BCUT2D eigenvalue weighted by Crippen LogP contribution is -2.06. The first-order valence-electron chi connectivity index (χ1n) is 8.03. The molecule has 4 rings (SSSR count). The average Bonchev–Trinajstić information content (AvgIpc) is 3.20. The van der Waals surface area contributed by atoms with E-state index in [4.69, 9.17) is 33.3 Å². The number of nitrogens with zero attached hydrogens (tertiary/aromatic N) is 3. The van der Waals surface area contributed by atoms with Gasteiger partial charge < -0.3 is 5.11 Å². The summed E-state index contributed by atoms with van der Waals surface area (Å²) in [6.07, 6.45) is 0. The summed E-state index contributed by atoms with van der Waals surface area (Å²) in [6, 6.07) is 12.8. The van der Waals surface area contributed by atoms with Crippen molar-refractivity contribution in [2.45, 2.75) is 13.5 Å². The van der Waals surface area contributed by atoms with E-state index < -0.39 is 5.97 Å². The van der Waals surface area contributed by atoms with Crippen molar-refractivity contribution in [1.29, 1.82) is 0 Å². The molecule has 0 amide bonds. The van der Waals surface area contributed by atoms with Crippen LogP contribution in [0.2, 0.25) is 10.0 Å². The van der Waals surface area contributed by atoms with Gasteiger partial charge in [-0.25, -0.2) is 9.78 Å². The summed E-state index contributed by atoms with van der Waals surface area (Å²) in [6.45, 7) is 2.21. The molecule has 1 N–H and O–H groups in total. The fourth-order valence-corrected chi connectivity index (χ4v) is 4.32. The third kappa shape index (κ3) is 3.56. The summed E-state index contributed by atoms with van der Waals surface area (Å²) < 4.78 is 2.61. The molecule has 0 saturated heterocycles. The highest BCUT2D eigenvalue weighted by atomic mass is 35.5. The van der Waals surface area contributed by atoms with Crippen LogP contribution in [0, 0.1) is 6.92 Å². The SMILES string of the molecule is Cc1cc(C(=O)O)nn1Cc1cc(Cl)cc2sc(-c3ccc(Cl)cc3)nc12.